The zero-order valence-electron chi connectivity index (χ0n) is 16.0. The zero-order chi connectivity index (χ0) is 19.3. The first-order valence-corrected chi connectivity index (χ1v) is 9.79. The molecular formula is C20H30N4O3. The lowest BCUT2D eigenvalue weighted by Gasteiger charge is -2.32. The van der Waals surface area contributed by atoms with Gasteiger partial charge < -0.3 is 26.0 Å². The molecule has 3 rings (SSSR count). The Morgan fingerprint density at radius 2 is 1.96 bits per heavy atom. The standard InChI is InChI=1S/C20H30N4O3/c1-15(22-19(26)20(21)7-11-27-12-8-20)13-18(25)23-16-5-4-6-17(14-16)24-9-2-3-10-24/h4-6,14-15H,2-3,7-13,21H2,1H3,(H,22,26)(H,23,25). The Kier molecular flexibility index (Phi) is 6.34. The highest BCUT2D eigenvalue weighted by atomic mass is 16.5. The molecule has 2 heterocycles. The largest absolute Gasteiger partial charge is 0.381 e. The molecule has 1 aromatic rings. The van der Waals surface area contributed by atoms with E-state index in [4.69, 9.17) is 10.5 Å². The number of amides is 2. The molecule has 2 amide bonds. The van der Waals surface area contributed by atoms with Crippen LogP contribution in [-0.4, -0.2) is 49.7 Å². The molecule has 2 aliphatic heterocycles. The molecule has 0 bridgehead atoms. The number of benzene rings is 1. The quantitative estimate of drug-likeness (QED) is 0.703. The molecule has 0 aliphatic carbocycles. The molecule has 1 atom stereocenters. The third kappa shape index (κ3) is 5.20. The SMILES string of the molecule is CC(CC(=O)Nc1cccc(N2CCCC2)c1)NC(=O)C1(N)CCOCC1. The molecular weight excluding hydrogens is 344 g/mol. The predicted octanol–water partition coefficient (Wildman–Crippen LogP) is 1.63. The van der Waals surface area contributed by atoms with E-state index in [2.05, 4.69) is 21.6 Å². The minimum Gasteiger partial charge on any atom is -0.381 e. The van der Waals surface area contributed by atoms with E-state index in [0.717, 1.165) is 24.5 Å². The van der Waals surface area contributed by atoms with E-state index >= 15 is 0 Å². The van der Waals surface area contributed by atoms with Crippen LogP contribution in [0.3, 0.4) is 0 Å². The van der Waals surface area contributed by atoms with Gasteiger partial charge in [-0.1, -0.05) is 6.07 Å². The summed E-state index contributed by atoms with van der Waals surface area (Å²) in [6.07, 6.45) is 3.62. The van der Waals surface area contributed by atoms with E-state index in [9.17, 15) is 9.59 Å². The van der Waals surface area contributed by atoms with Crippen LogP contribution in [0.5, 0.6) is 0 Å². The lowest BCUT2D eigenvalue weighted by atomic mass is 9.90. The number of nitrogens with zero attached hydrogens (tertiary/aromatic N) is 1. The number of carbonyl (C=O) groups is 2. The number of anilines is 2. The van der Waals surface area contributed by atoms with Crippen molar-refractivity contribution in [1.82, 2.24) is 5.32 Å². The second-order valence-electron chi connectivity index (χ2n) is 7.64. The fraction of sp³-hybridized carbons (Fsp3) is 0.600. The molecule has 7 heteroatoms. The summed E-state index contributed by atoms with van der Waals surface area (Å²) in [5.74, 6) is -0.332. The van der Waals surface area contributed by atoms with Gasteiger partial charge in [0.2, 0.25) is 11.8 Å². The van der Waals surface area contributed by atoms with Crippen molar-refractivity contribution in [3.8, 4) is 0 Å². The maximum Gasteiger partial charge on any atom is 0.240 e. The molecule has 7 nitrogen and oxygen atoms in total. The molecule has 2 saturated heterocycles. The summed E-state index contributed by atoms with van der Waals surface area (Å²) in [5, 5.41) is 5.81. The molecule has 2 aliphatic rings. The predicted molar refractivity (Wildman–Crippen MR) is 106 cm³/mol. The summed E-state index contributed by atoms with van der Waals surface area (Å²) in [5.41, 5.74) is 7.20. The van der Waals surface area contributed by atoms with Crippen molar-refractivity contribution in [2.75, 3.05) is 36.5 Å². The van der Waals surface area contributed by atoms with E-state index in [1.165, 1.54) is 12.8 Å². The van der Waals surface area contributed by atoms with E-state index in [1.54, 1.807) is 0 Å². The van der Waals surface area contributed by atoms with Crippen molar-refractivity contribution in [1.29, 1.82) is 0 Å². The fourth-order valence-corrected chi connectivity index (χ4v) is 3.63. The maximum atomic E-state index is 12.4. The summed E-state index contributed by atoms with van der Waals surface area (Å²) in [6.45, 7) is 4.93. The Labute approximate surface area is 160 Å². The van der Waals surface area contributed by atoms with Gasteiger partial charge in [0.1, 0.15) is 0 Å². The normalized spacial score (nSPS) is 20.1. The van der Waals surface area contributed by atoms with Crippen LogP contribution in [-0.2, 0) is 14.3 Å². The van der Waals surface area contributed by atoms with Crippen molar-refractivity contribution >= 4 is 23.2 Å². The number of ether oxygens (including phenoxy) is 1. The molecule has 1 unspecified atom stereocenters. The third-order valence-corrected chi connectivity index (χ3v) is 5.31. The fourth-order valence-electron chi connectivity index (χ4n) is 3.63. The van der Waals surface area contributed by atoms with Crippen LogP contribution in [0.1, 0.15) is 39.0 Å². The van der Waals surface area contributed by atoms with Crippen LogP contribution in [0.2, 0.25) is 0 Å². The highest BCUT2D eigenvalue weighted by Gasteiger charge is 2.36. The first-order chi connectivity index (χ1) is 13.0. The van der Waals surface area contributed by atoms with Crippen molar-refractivity contribution < 1.29 is 14.3 Å². The number of carbonyl (C=O) groups excluding carboxylic acids is 2. The minimum atomic E-state index is -0.896. The van der Waals surface area contributed by atoms with E-state index in [0.29, 0.717) is 26.1 Å². The number of nitrogens with two attached hydrogens (primary N) is 1. The Morgan fingerprint density at radius 1 is 1.26 bits per heavy atom. The molecule has 27 heavy (non-hydrogen) atoms. The number of rotatable bonds is 6. The van der Waals surface area contributed by atoms with Gasteiger partial charge in [0, 0.05) is 50.1 Å². The molecule has 0 saturated carbocycles. The second-order valence-corrected chi connectivity index (χ2v) is 7.64. The topological polar surface area (TPSA) is 96.7 Å². The van der Waals surface area contributed by atoms with Crippen LogP contribution in [0.4, 0.5) is 11.4 Å². The Hall–Kier alpha value is -2.12. The van der Waals surface area contributed by atoms with Gasteiger partial charge in [-0.3, -0.25) is 9.59 Å². The van der Waals surface area contributed by atoms with E-state index < -0.39 is 5.54 Å². The zero-order valence-corrected chi connectivity index (χ0v) is 16.0. The average molecular weight is 374 g/mol. The first-order valence-electron chi connectivity index (χ1n) is 9.79. The molecule has 0 aromatic heterocycles. The van der Waals surface area contributed by atoms with E-state index in [1.807, 2.05) is 25.1 Å². The Balaban J connectivity index is 1.50. The van der Waals surface area contributed by atoms with Crippen LogP contribution >= 0.6 is 0 Å². The molecule has 0 spiro atoms. The van der Waals surface area contributed by atoms with Gasteiger partial charge in [-0.05, 0) is 50.8 Å². The number of hydrogen-bond donors (Lipinski definition) is 3. The summed E-state index contributed by atoms with van der Waals surface area (Å²) < 4.78 is 5.27. The third-order valence-electron chi connectivity index (χ3n) is 5.31. The van der Waals surface area contributed by atoms with Crippen LogP contribution in [0, 0.1) is 0 Å². The summed E-state index contributed by atoms with van der Waals surface area (Å²) in [7, 11) is 0. The lowest BCUT2D eigenvalue weighted by molar-refractivity contribution is -0.130. The van der Waals surface area contributed by atoms with Crippen molar-refractivity contribution in [3.63, 3.8) is 0 Å². The number of nitrogens with one attached hydrogen (secondary N) is 2. The van der Waals surface area contributed by atoms with Gasteiger partial charge in [-0.15, -0.1) is 0 Å². The van der Waals surface area contributed by atoms with Crippen LogP contribution in [0.25, 0.3) is 0 Å². The Bertz CT molecular complexity index is 667. The summed E-state index contributed by atoms with van der Waals surface area (Å²) in [6, 6.07) is 7.62. The molecule has 1 aromatic carbocycles. The highest BCUT2D eigenvalue weighted by Crippen LogP contribution is 2.23. The van der Waals surface area contributed by atoms with Gasteiger partial charge in [0.05, 0.1) is 5.54 Å². The van der Waals surface area contributed by atoms with Crippen LogP contribution in [0.15, 0.2) is 24.3 Å². The second kappa shape index (κ2) is 8.71. The van der Waals surface area contributed by atoms with Gasteiger partial charge in [-0.25, -0.2) is 0 Å². The van der Waals surface area contributed by atoms with Crippen molar-refractivity contribution in [2.24, 2.45) is 5.73 Å². The first kappa shape index (κ1) is 19.6. The Morgan fingerprint density at radius 3 is 2.67 bits per heavy atom. The van der Waals surface area contributed by atoms with Crippen LogP contribution < -0.4 is 21.3 Å². The smallest absolute Gasteiger partial charge is 0.240 e. The average Bonchev–Trinajstić information content (AvgIpc) is 3.17. The number of hydrogen-bond acceptors (Lipinski definition) is 5. The lowest BCUT2D eigenvalue weighted by Crippen LogP contribution is -2.58. The summed E-state index contributed by atoms with van der Waals surface area (Å²) >= 11 is 0. The molecule has 4 N–H and O–H groups in total. The van der Waals surface area contributed by atoms with Gasteiger partial charge in [0.25, 0.3) is 0 Å². The molecule has 148 valence electrons. The van der Waals surface area contributed by atoms with Crippen molar-refractivity contribution in [3.05, 3.63) is 24.3 Å². The molecule has 0 radical (unpaired) electrons. The van der Waals surface area contributed by atoms with E-state index in [-0.39, 0.29) is 24.3 Å². The maximum absolute atomic E-state index is 12.4. The van der Waals surface area contributed by atoms with Gasteiger partial charge >= 0.3 is 0 Å². The van der Waals surface area contributed by atoms with Gasteiger partial charge in [0.15, 0.2) is 0 Å². The molecule has 2 fully saturated rings. The van der Waals surface area contributed by atoms with Crippen molar-refractivity contribution in [2.45, 2.75) is 50.6 Å². The van der Waals surface area contributed by atoms with Gasteiger partial charge in [-0.2, -0.15) is 0 Å². The summed E-state index contributed by atoms with van der Waals surface area (Å²) in [4.78, 5) is 27.1. The highest BCUT2D eigenvalue weighted by molar-refractivity contribution is 5.92. The minimum absolute atomic E-state index is 0.126. The monoisotopic (exact) mass is 374 g/mol.